The second-order valence-corrected chi connectivity index (χ2v) is 7.58. The minimum atomic E-state index is -0.165. The van der Waals surface area contributed by atoms with E-state index in [2.05, 4.69) is 22.3 Å². The third-order valence-electron chi connectivity index (χ3n) is 5.17. The number of hydrogen-bond acceptors (Lipinski definition) is 3. The van der Waals surface area contributed by atoms with Crippen molar-refractivity contribution < 1.29 is 9.90 Å². The van der Waals surface area contributed by atoms with E-state index in [1.807, 2.05) is 42.5 Å². The fourth-order valence-electron chi connectivity index (χ4n) is 3.56. The molecule has 2 aromatic carbocycles. The maximum Gasteiger partial charge on any atom is 0.220 e. The molecule has 0 unspecified atom stereocenters. The molecule has 5 heteroatoms. The molecule has 4 nitrogen and oxygen atoms in total. The maximum absolute atomic E-state index is 12.6. The molecule has 1 fully saturated rings. The lowest BCUT2D eigenvalue weighted by molar-refractivity contribution is -0.121. The van der Waals surface area contributed by atoms with E-state index in [-0.39, 0.29) is 17.9 Å². The molecule has 1 aliphatic heterocycles. The van der Waals surface area contributed by atoms with Gasteiger partial charge in [-0.05, 0) is 36.1 Å². The summed E-state index contributed by atoms with van der Waals surface area (Å²) in [5.41, 5.74) is 2.21. The second kappa shape index (κ2) is 9.88. The molecule has 144 valence electrons. The van der Waals surface area contributed by atoms with Crippen molar-refractivity contribution in [3.8, 4) is 0 Å². The molecule has 1 aliphatic rings. The van der Waals surface area contributed by atoms with Crippen LogP contribution in [0.5, 0.6) is 0 Å². The molecule has 0 aromatic heterocycles. The number of nitrogens with zero attached hydrogens (tertiary/aromatic N) is 1. The van der Waals surface area contributed by atoms with Crippen molar-refractivity contribution in [1.29, 1.82) is 0 Å². The Bertz CT molecular complexity index is 713. The summed E-state index contributed by atoms with van der Waals surface area (Å²) in [6.07, 6.45) is 1.88. The quantitative estimate of drug-likeness (QED) is 0.766. The van der Waals surface area contributed by atoms with Crippen LogP contribution in [0.4, 0.5) is 0 Å². The minimum absolute atomic E-state index is 0.00796. The van der Waals surface area contributed by atoms with Crippen molar-refractivity contribution in [2.45, 2.75) is 31.3 Å². The van der Waals surface area contributed by atoms with E-state index in [0.29, 0.717) is 18.0 Å². The number of aliphatic hydroxyl groups is 1. The number of aliphatic hydroxyl groups excluding tert-OH is 1. The van der Waals surface area contributed by atoms with Gasteiger partial charge in [0.2, 0.25) is 5.91 Å². The van der Waals surface area contributed by atoms with E-state index >= 15 is 0 Å². The number of nitrogens with one attached hydrogen (secondary N) is 1. The number of hydrogen-bond donors (Lipinski definition) is 2. The van der Waals surface area contributed by atoms with Crippen molar-refractivity contribution in [2.24, 2.45) is 0 Å². The average molecular weight is 387 g/mol. The topological polar surface area (TPSA) is 52.6 Å². The summed E-state index contributed by atoms with van der Waals surface area (Å²) in [7, 11) is 0. The van der Waals surface area contributed by atoms with Gasteiger partial charge in [-0.25, -0.2) is 0 Å². The molecule has 0 aliphatic carbocycles. The Kier molecular flexibility index (Phi) is 7.27. The third-order valence-corrected chi connectivity index (χ3v) is 5.42. The number of halogens is 1. The van der Waals surface area contributed by atoms with Crippen LogP contribution in [0.1, 0.15) is 36.3 Å². The Hall–Kier alpha value is -1.88. The third kappa shape index (κ3) is 6.06. The smallest absolute Gasteiger partial charge is 0.220 e. The largest absolute Gasteiger partial charge is 0.393 e. The van der Waals surface area contributed by atoms with Gasteiger partial charge >= 0.3 is 0 Å². The first kappa shape index (κ1) is 19.9. The number of carbonyl (C=O) groups is 1. The van der Waals surface area contributed by atoms with Gasteiger partial charge in [-0.1, -0.05) is 54.1 Å². The van der Waals surface area contributed by atoms with E-state index in [9.17, 15) is 9.90 Å². The van der Waals surface area contributed by atoms with Gasteiger partial charge in [0.1, 0.15) is 0 Å². The van der Waals surface area contributed by atoms with E-state index in [1.54, 1.807) is 0 Å². The van der Waals surface area contributed by atoms with Crippen molar-refractivity contribution in [3.05, 3.63) is 70.7 Å². The highest BCUT2D eigenvalue weighted by molar-refractivity contribution is 6.30. The lowest BCUT2D eigenvalue weighted by Crippen LogP contribution is -2.41. The normalized spacial score (nSPS) is 16.8. The minimum Gasteiger partial charge on any atom is -0.393 e. The molecule has 1 saturated heterocycles. The van der Waals surface area contributed by atoms with Crippen LogP contribution in [-0.2, 0) is 4.79 Å². The van der Waals surface area contributed by atoms with Gasteiger partial charge in [-0.15, -0.1) is 0 Å². The summed E-state index contributed by atoms with van der Waals surface area (Å²) >= 11 is 6.02. The lowest BCUT2D eigenvalue weighted by Gasteiger charge is -2.29. The summed E-state index contributed by atoms with van der Waals surface area (Å²) < 4.78 is 0. The fourth-order valence-corrected chi connectivity index (χ4v) is 3.69. The zero-order valence-corrected chi connectivity index (χ0v) is 16.2. The van der Waals surface area contributed by atoms with Crippen LogP contribution in [-0.4, -0.2) is 48.2 Å². The molecular formula is C22H27ClN2O2. The van der Waals surface area contributed by atoms with E-state index in [1.165, 1.54) is 0 Å². The summed E-state index contributed by atoms with van der Waals surface area (Å²) in [5.74, 6) is 0.0597. The predicted molar refractivity (Wildman–Crippen MR) is 109 cm³/mol. The van der Waals surface area contributed by atoms with Crippen LogP contribution in [0.25, 0.3) is 0 Å². The fraction of sp³-hybridized carbons (Fsp3) is 0.409. The number of likely N-dealkylation sites (tertiary alicyclic amines) is 1. The maximum atomic E-state index is 12.6. The molecular weight excluding hydrogens is 360 g/mol. The van der Waals surface area contributed by atoms with Gasteiger partial charge in [0.05, 0.1) is 6.10 Å². The first-order valence-corrected chi connectivity index (χ1v) is 9.97. The van der Waals surface area contributed by atoms with Crippen molar-refractivity contribution in [2.75, 3.05) is 26.2 Å². The Labute approximate surface area is 166 Å². The molecule has 0 saturated carbocycles. The Morgan fingerprint density at radius 2 is 1.70 bits per heavy atom. The highest BCUT2D eigenvalue weighted by Gasteiger charge is 2.19. The van der Waals surface area contributed by atoms with Crippen molar-refractivity contribution >= 4 is 17.5 Å². The molecule has 0 spiro atoms. The van der Waals surface area contributed by atoms with Gasteiger partial charge in [-0.2, -0.15) is 0 Å². The number of rotatable bonds is 7. The zero-order valence-electron chi connectivity index (χ0n) is 15.5. The molecule has 1 amide bonds. The number of amides is 1. The van der Waals surface area contributed by atoms with Gasteiger partial charge in [0.25, 0.3) is 0 Å². The van der Waals surface area contributed by atoms with Gasteiger partial charge < -0.3 is 15.3 Å². The number of carbonyl (C=O) groups excluding carboxylic acids is 1. The van der Waals surface area contributed by atoms with E-state index in [0.717, 1.165) is 43.6 Å². The summed E-state index contributed by atoms with van der Waals surface area (Å²) in [6, 6.07) is 17.8. The lowest BCUT2D eigenvalue weighted by atomic mass is 9.88. The Morgan fingerprint density at radius 1 is 1.07 bits per heavy atom. The number of piperidine rings is 1. The molecule has 0 bridgehead atoms. The molecule has 27 heavy (non-hydrogen) atoms. The van der Waals surface area contributed by atoms with Gasteiger partial charge in [-0.3, -0.25) is 4.79 Å². The van der Waals surface area contributed by atoms with Crippen LogP contribution >= 0.6 is 11.6 Å². The molecule has 2 aromatic rings. The molecule has 1 atom stereocenters. The predicted octanol–water partition coefficient (Wildman–Crippen LogP) is 3.43. The van der Waals surface area contributed by atoms with Crippen LogP contribution < -0.4 is 5.32 Å². The van der Waals surface area contributed by atoms with Gasteiger partial charge in [0.15, 0.2) is 0 Å². The Balaban J connectivity index is 1.57. The molecule has 0 radical (unpaired) electrons. The van der Waals surface area contributed by atoms with Crippen molar-refractivity contribution in [1.82, 2.24) is 10.2 Å². The zero-order chi connectivity index (χ0) is 19.1. The van der Waals surface area contributed by atoms with Crippen molar-refractivity contribution in [3.63, 3.8) is 0 Å². The van der Waals surface area contributed by atoms with Gasteiger partial charge in [0, 0.05) is 43.5 Å². The van der Waals surface area contributed by atoms with E-state index in [4.69, 9.17) is 11.6 Å². The molecule has 2 N–H and O–H groups in total. The summed E-state index contributed by atoms with van der Waals surface area (Å²) in [5, 5.41) is 13.3. The van der Waals surface area contributed by atoms with Crippen LogP contribution in [0.3, 0.4) is 0 Å². The van der Waals surface area contributed by atoms with Crippen LogP contribution in [0.2, 0.25) is 5.02 Å². The summed E-state index contributed by atoms with van der Waals surface area (Å²) in [4.78, 5) is 14.9. The average Bonchev–Trinajstić information content (AvgIpc) is 2.69. The molecule has 3 rings (SSSR count). The highest BCUT2D eigenvalue weighted by atomic mass is 35.5. The first-order valence-electron chi connectivity index (χ1n) is 9.59. The molecule has 1 heterocycles. The second-order valence-electron chi connectivity index (χ2n) is 7.14. The highest BCUT2D eigenvalue weighted by Crippen LogP contribution is 2.28. The Morgan fingerprint density at radius 3 is 2.37 bits per heavy atom. The first-order chi connectivity index (χ1) is 13.1. The number of benzene rings is 2. The van der Waals surface area contributed by atoms with Crippen LogP contribution in [0, 0.1) is 0 Å². The standard InChI is InChI=1S/C22H27ClN2O2/c23-19-8-6-18(7-9-19)21(17-4-2-1-3-5-17)16-22(27)24-12-15-25-13-10-20(26)11-14-25/h1-9,20-21,26H,10-16H2,(H,24,27)/t21-/m1/s1. The van der Waals surface area contributed by atoms with E-state index < -0.39 is 0 Å². The summed E-state index contributed by atoms with van der Waals surface area (Å²) in [6.45, 7) is 3.26. The van der Waals surface area contributed by atoms with Crippen LogP contribution in [0.15, 0.2) is 54.6 Å². The monoisotopic (exact) mass is 386 g/mol. The SMILES string of the molecule is O=C(C[C@H](c1ccccc1)c1ccc(Cl)cc1)NCCN1CCC(O)CC1.